The molecule has 2 N–H and O–H groups in total. The van der Waals surface area contributed by atoms with Crippen LogP contribution < -0.4 is 10.6 Å². The molecule has 0 fully saturated rings. The highest BCUT2D eigenvalue weighted by Gasteiger charge is 2.05. The topological polar surface area (TPSA) is 41.1 Å². The summed E-state index contributed by atoms with van der Waals surface area (Å²) >= 11 is 3.31. The van der Waals surface area contributed by atoms with Crippen LogP contribution in [0.25, 0.3) is 0 Å². The third kappa shape index (κ3) is 5.14. The molecule has 5 heteroatoms. The van der Waals surface area contributed by atoms with Crippen molar-refractivity contribution in [2.75, 3.05) is 13.1 Å². The van der Waals surface area contributed by atoms with Gasteiger partial charge in [-0.1, -0.05) is 35.8 Å². The Balaban J connectivity index is 2.24. The van der Waals surface area contributed by atoms with Crippen molar-refractivity contribution in [3.63, 3.8) is 0 Å². The zero-order valence-corrected chi connectivity index (χ0v) is 12.2. The van der Waals surface area contributed by atoms with E-state index in [1.807, 2.05) is 13.8 Å². The maximum Gasteiger partial charge on any atom is 0.222 e. The molecule has 1 rings (SSSR count). The highest BCUT2D eigenvalue weighted by molar-refractivity contribution is 9.10. The summed E-state index contributed by atoms with van der Waals surface area (Å²) in [5, 5.41) is 6.01. The molecule has 0 spiro atoms. The number of hydrogen-bond acceptors (Lipinski definition) is 2. The van der Waals surface area contributed by atoms with Gasteiger partial charge in [0.2, 0.25) is 5.91 Å². The molecule has 0 atom stereocenters. The molecule has 0 bridgehead atoms. The molecule has 0 aliphatic rings. The average molecular weight is 317 g/mol. The highest BCUT2D eigenvalue weighted by Crippen LogP contribution is 2.17. The Hall–Kier alpha value is -0.940. The van der Waals surface area contributed by atoms with E-state index in [9.17, 15) is 9.18 Å². The Labute approximate surface area is 115 Å². The number of rotatable bonds is 6. The van der Waals surface area contributed by atoms with Crippen LogP contribution in [-0.4, -0.2) is 19.0 Å². The first-order chi connectivity index (χ1) is 8.50. The van der Waals surface area contributed by atoms with Crippen LogP contribution in [0.4, 0.5) is 4.39 Å². The van der Waals surface area contributed by atoms with Gasteiger partial charge in [-0.3, -0.25) is 4.79 Å². The Morgan fingerprint density at radius 2 is 2.11 bits per heavy atom. The third-order valence-electron chi connectivity index (χ3n) is 2.46. The van der Waals surface area contributed by atoms with E-state index in [0.29, 0.717) is 19.6 Å². The van der Waals surface area contributed by atoms with E-state index in [-0.39, 0.29) is 17.6 Å². The smallest absolute Gasteiger partial charge is 0.222 e. The van der Waals surface area contributed by atoms with E-state index >= 15 is 0 Å². The molecule has 0 aliphatic carbocycles. The molecular formula is C13H18BrFN2O. The van der Waals surface area contributed by atoms with Crippen LogP contribution in [0.5, 0.6) is 0 Å². The molecule has 0 saturated carbocycles. The molecule has 0 saturated heterocycles. The van der Waals surface area contributed by atoms with E-state index in [2.05, 4.69) is 26.6 Å². The molecule has 1 aromatic rings. The van der Waals surface area contributed by atoms with Crippen LogP contribution >= 0.6 is 15.9 Å². The van der Waals surface area contributed by atoms with Crippen molar-refractivity contribution in [3.8, 4) is 0 Å². The number of benzene rings is 1. The second-order valence-electron chi connectivity index (χ2n) is 4.36. The second-order valence-corrected chi connectivity index (χ2v) is 5.21. The zero-order chi connectivity index (χ0) is 13.5. The van der Waals surface area contributed by atoms with Gasteiger partial charge in [0.25, 0.3) is 0 Å². The van der Waals surface area contributed by atoms with Crippen molar-refractivity contribution in [3.05, 3.63) is 34.1 Å². The summed E-state index contributed by atoms with van der Waals surface area (Å²) in [6.07, 6.45) is 0. The fraction of sp³-hybridized carbons (Fsp3) is 0.462. The minimum Gasteiger partial charge on any atom is -0.355 e. The van der Waals surface area contributed by atoms with Crippen LogP contribution in [0.3, 0.4) is 0 Å². The SMILES string of the molecule is CC(C)C(=O)NCCNCc1ccc(F)cc1Br. The summed E-state index contributed by atoms with van der Waals surface area (Å²) in [7, 11) is 0. The lowest BCUT2D eigenvalue weighted by molar-refractivity contribution is -0.123. The first-order valence-electron chi connectivity index (χ1n) is 5.93. The lowest BCUT2D eigenvalue weighted by atomic mass is 10.2. The van der Waals surface area contributed by atoms with Crippen molar-refractivity contribution in [1.82, 2.24) is 10.6 Å². The van der Waals surface area contributed by atoms with Crippen LogP contribution in [0.15, 0.2) is 22.7 Å². The van der Waals surface area contributed by atoms with Crippen molar-refractivity contribution in [1.29, 1.82) is 0 Å². The molecule has 0 unspecified atom stereocenters. The van der Waals surface area contributed by atoms with Crippen molar-refractivity contribution >= 4 is 21.8 Å². The van der Waals surface area contributed by atoms with Crippen molar-refractivity contribution < 1.29 is 9.18 Å². The van der Waals surface area contributed by atoms with Crippen molar-refractivity contribution in [2.24, 2.45) is 5.92 Å². The number of hydrogen-bond donors (Lipinski definition) is 2. The Kier molecular flexibility index (Phi) is 6.29. The Bertz CT molecular complexity index is 410. The Morgan fingerprint density at radius 1 is 1.39 bits per heavy atom. The van der Waals surface area contributed by atoms with Crippen LogP contribution in [0.2, 0.25) is 0 Å². The molecule has 0 aliphatic heterocycles. The largest absolute Gasteiger partial charge is 0.355 e. The number of nitrogens with one attached hydrogen (secondary N) is 2. The molecule has 3 nitrogen and oxygen atoms in total. The average Bonchev–Trinajstić information content (AvgIpc) is 2.30. The molecule has 0 heterocycles. The number of halogens is 2. The summed E-state index contributed by atoms with van der Waals surface area (Å²) < 4.78 is 13.6. The van der Waals surface area contributed by atoms with E-state index in [1.54, 1.807) is 6.07 Å². The summed E-state index contributed by atoms with van der Waals surface area (Å²) in [5.41, 5.74) is 0.992. The maximum absolute atomic E-state index is 12.9. The maximum atomic E-state index is 12.9. The highest BCUT2D eigenvalue weighted by atomic mass is 79.9. The predicted molar refractivity (Wildman–Crippen MR) is 73.7 cm³/mol. The van der Waals surface area contributed by atoms with Gasteiger partial charge in [-0.25, -0.2) is 4.39 Å². The fourth-order valence-corrected chi connectivity index (χ4v) is 1.86. The molecule has 1 aromatic carbocycles. The van der Waals surface area contributed by atoms with Crippen LogP contribution in [0.1, 0.15) is 19.4 Å². The van der Waals surface area contributed by atoms with E-state index in [4.69, 9.17) is 0 Å². The monoisotopic (exact) mass is 316 g/mol. The Morgan fingerprint density at radius 3 is 2.72 bits per heavy atom. The summed E-state index contributed by atoms with van der Waals surface area (Å²) in [6.45, 7) is 5.63. The van der Waals surface area contributed by atoms with E-state index in [1.165, 1.54) is 12.1 Å². The van der Waals surface area contributed by atoms with Gasteiger partial charge in [0.05, 0.1) is 0 Å². The van der Waals surface area contributed by atoms with Gasteiger partial charge in [-0.15, -0.1) is 0 Å². The summed E-state index contributed by atoms with van der Waals surface area (Å²) in [4.78, 5) is 11.3. The fourth-order valence-electron chi connectivity index (χ4n) is 1.37. The molecule has 100 valence electrons. The van der Waals surface area contributed by atoms with Crippen LogP contribution in [-0.2, 0) is 11.3 Å². The molecule has 18 heavy (non-hydrogen) atoms. The van der Waals surface area contributed by atoms with Gasteiger partial charge in [-0.05, 0) is 17.7 Å². The van der Waals surface area contributed by atoms with Gasteiger partial charge in [-0.2, -0.15) is 0 Å². The number of carbonyl (C=O) groups excluding carboxylic acids is 1. The second kappa shape index (κ2) is 7.48. The van der Waals surface area contributed by atoms with Crippen molar-refractivity contribution in [2.45, 2.75) is 20.4 Å². The van der Waals surface area contributed by atoms with Gasteiger partial charge < -0.3 is 10.6 Å². The first-order valence-corrected chi connectivity index (χ1v) is 6.72. The molecule has 1 amide bonds. The third-order valence-corrected chi connectivity index (χ3v) is 3.19. The molecule has 0 aromatic heterocycles. The minimum absolute atomic E-state index is 0.0104. The van der Waals surface area contributed by atoms with E-state index in [0.717, 1.165) is 10.0 Å². The molecular weight excluding hydrogens is 299 g/mol. The van der Waals surface area contributed by atoms with E-state index < -0.39 is 0 Å². The van der Waals surface area contributed by atoms with Gasteiger partial charge in [0.15, 0.2) is 0 Å². The summed E-state index contributed by atoms with van der Waals surface area (Å²) in [6, 6.07) is 4.61. The quantitative estimate of drug-likeness (QED) is 0.791. The standard InChI is InChI=1S/C13H18BrFN2O/c1-9(2)13(18)17-6-5-16-8-10-3-4-11(15)7-12(10)14/h3-4,7,9,16H,5-6,8H2,1-2H3,(H,17,18). The minimum atomic E-state index is -0.255. The first kappa shape index (κ1) is 15.1. The lowest BCUT2D eigenvalue weighted by Crippen LogP contribution is -2.34. The molecule has 0 radical (unpaired) electrons. The van der Waals surface area contributed by atoms with Gasteiger partial charge in [0.1, 0.15) is 5.82 Å². The summed E-state index contributed by atoms with van der Waals surface area (Å²) in [5.74, 6) is -0.189. The zero-order valence-electron chi connectivity index (χ0n) is 10.6. The lowest BCUT2D eigenvalue weighted by Gasteiger charge is -2.09. The van der Waals surface area contributed by atoms with Gasteiger partial charge in [0, 0.05) is 30.0 Å². The number of carbonyl (C=O) groups is 1. The normalized spacial score (nSPS) is 10.7. The van der Waals surface area contributed by atoms with Gasteiger partial charge >= 0.3 is 0 Å². The predicted octanol–water partition coefficient (Wildman–Crippen LogP) is 2.45. The van der Waals surface area contributed by atoms with Crippen LogP contribution in [0, 0.1) is 11.7 Å². The number of amides is 1.